The van der Waals surface area contributed by atoms with Gasteiger partial charge in [-0.15, -0.1) is 0 Å². The maximum Gasteiger partial charge on any atom is 0.488 e. The maximum atomic E-state index is 11.1. The Bertz CT molecular complexity index is 4730. The Labute approximate surface area is 554 Å². The number of phenolic OH excluding ortho intramolecular Hbond substituents is 2. The van der Waals surface area contributed by atoms with E-state index in [4.69, 9.17) is 19.4 Å². The van der Waals surface area contributed by atoms with E-state index in [-0.39, 0.29) is 11.5 Å². The molecule has 0 bridgehead atoms. The molecule has 3 heterocycles. The van der Waals surface area contributed by atoms with Crippen molar-refractivity contribution in [3.63, 3.8) is 0 Å². The molecule has 0 unspecified atom stereocenters. The summed E-state index contributed by atoms with van der Waals surface area (Å²) in [5.41, 5.74) is 9.71. The lowest BCUT2D eigenvalue weighted by Crippen LogP contribution is -2.29. The van der Waals surface area contributed by atoms with Crippen molar-refractivity contribution < 1.29 is 41.3 Å². The van der Waals surface area contributed by atoms with Crippen molar-refractivity contribution in [3.05, 3.63) is 275 Å². The summed E-state index contributed by atoms with van der Waals surface area (Å²) >= 11 is 10.2. The molecule has 27 heteroatoms. The van der Waals surface area contributed by atoms with E-state index >= 15 is 0 Å². The van der Waals surface area contributed by atoms with E-state index in [1.807, 2.05) is 77.5 Å². The summed E-state index contributed by atoms with van der Waals surface area (Å²) in [6.07, 6.45) is 9.71. The third-order valence-corrected chi connectivity index (χ3v) is 14.9. The number of alkyl halides is 1. The Morgan fingerprint density at radius 3 is 1.22 bits per heavy atom. The highest BCUT2D eigenvalue weighted by Crippen LogP contribution is 2.30. The van der Waals surface area contributed by atoms with Crippen LogP contribution in [0.1, 0.15) is 22.3 Å². The Hall–Kier alpha value is -8.67. The van der Waals surface area contributed by atoms with Crippen LogP contribution in [0.2, 0.25) is 0 Å². The monoisotopic (exact) mass is 1470 g/mol. The molecule has 20 nitrogen and oxygen atoms in total. The smallest absolute Gasteiger partial charge is 0.488 e. The van der Waals surface area contributed by atoms with Crippen LogP contribution in [0.15, 0.2) is 253 Å². The summed E-state index contributed by atoms with van der Waals surface area (Å²) in [7, 11) is -4.90. The minimum Gasteiger partial charge on any atom is -0.508 e. The van der Waals surface area contributed by atoms with Crippen LogP contribution in [0, 0.1) is 0 Å². The average Bonchev–Trinajstić information content (AvgIpc) is 2.68. The topological polar surface area (TPSA) is 303 Å². The molecule has 0 atom stereocenters. The summed E-state index contributed by atoms with van der Waals surface area (Å²) in [5.74, 6) is 0.683. The number of aromatic nitrogens is 9. The van der Waals surface area contributed by atoms with Gasteiger partial charge in [-0.3, -0.25) is 0 Å². The minimum absolute atomic E-state index is 0.188. The molecule has 8 N–H and O–H groups in total. The van der Waals surface area contributed by atoms with E-state index in [2.05, 4.69) is 161 Å². The van der Waals surface area contributed by atoms with Gasteiger partial charge in [-0.1, -0.05) is 169 Å². The van der Waals surface area contributed by atoms with E-state index in [1.165, 1.54) is 29.3 Å². The second-order valence-corrected chi connectivity index (χ2v) is 25.5. The lowest BCUT2D eigenvalue weighted by molar-refractivity contribution is 0.426. The number of aromatic hydroxyl groups is 2. The van der Waals surface area contributed by atoms with Crippen LogP contribution in [0.5, 0.6) is 17.2 Å². The highest BCUT2D eigenvalue weighted by Gasteiger charge is 2.12. The van der Waals surface area contributed by atoms with Gasteiger partial charge in [-0.25, -0.2) is 34.1 Å². The summed E-state index contributed by atoms with van der Waals surface area (Å²) < 4.78 is 52.8. The quantitative estimate of drug-likeness (QED) is 0.0376. The number of fused-ring (bicyclic) bond motifs is 3. The number of hydrogen-bond acceptors (Lipinski definition) is 15. The molecule has 3 aromatic heterocycles. The van der Waals surface area contributed by atoms with Gasteiger partial charge in [0.1, 0.15) is 55.2 Å². The van der Waals surface area contributed by atoms with Crippen LogP contribution >= 0.6 is 58.5 Å². The first kappa shape index (κ1) is 68.2. The molecule has 91 heavy (non-hydrogen) atoms. The van der Waals surface area contributed by atoms with Crippen molar-refractivity contribution in [1.29, 1.82) is 0 Å². The normalized spacial score (nSPS) is 10.9. The Kier molecular flexibility index (Phi) is 24.7. The number of nitrogens with zero attached hydrogens (tertiary/aromatic N) is 9. The number of benzene rings is 10. The molecule has 0 radical (unpaired) electrons. The van der Waals surface area contributed by atoms with Crippen LogP contribution in [0.3, 0.4) is 0 Å². The van der Waals surface area contributed by atoms with Gasteiger partial charge < -0.3 is 24.4 Å². The largest absolute Gasteiger partial charge is 0.508 e. The highest BCUT2D eigenvalue weighted by atomic mass is 79.9. The van der Waals surface area contributed by atoms with Crippen molar-refractivity contribution in [1.82, 2.24) is 44.3 Å². The van der Waals surface area contributed by atoms with Gasteiger partial charge in [0.25, 0.3) is 9.24 Å². The molecule has 10 aromatic carbocycles. The molecule has 0 saturated carbocycles. The van der Waals surface area contributed by atoms with Crippen LogP contribution in [0.4, 0.5) is 0 Å². The lowest BCUT2D eigenvalue weighted by Gasteiger charge is -2.08. The lowest BCUT2D eigenvalue weighted by atomic mass is 9.79. The van der Waals surface area contributed by atoms with E-state index < -0.39 is 26.7 Å². The van der Waals surface area contributed by atoms with E-state index in [0.29, 0.717) is 24.3 Å². The predicted octanol–water partition coefficient (Wildman–Crippen LogP) is 11.7. The maximum absolute atomic E-state index is 11.1. The SMILES string of the molecule is BrCc1cccc(Br)c1.Brc1cccc(Cn2cncn2)c1.NS(=O)(=O)Cl.NS(=O)(=O)Oc1ccc2cc(-c3cccc(Cn4cncn4)c3)ccc2c1.OB(O)c1ccc2cc(O)ccc2c1.Oc1ccc2cc(-c3cccc(Cn4cncn4)c3)ccc2c1. The van der Waals surface area contributed by atoms with Crippen LogP contribution in [-0.2, 0) is 44.5 Å². The molecular weight excluding hydrogens is 1420 g/mol. The van der Waals surface area contributed by atoms with Gasteiger partial charge in [-0.05, 0) is 167 Å². The van der Waals surface area contributed by atoms with Crippen molar-refractivity contribution in [3.8, 4) is 39.5 Å². The first-order valence-corrected chi connectivity index (χ1v) is 33.6. The average molecular weight is 1470 g/mol. The number of phenols is 2. The summed E-state index contributed by atoms with van der Waals surface area (Å²) in [6, 6.07) is 65.6. The number of halogens is 4. The van der Waals surface area contributed by atoms with Gasteiger partial charge in [0.05, 0.1) is 19.6 Å². The second-order valence-electron chi connectivity index (χ2n) is 19.8. The van der Waals surface area contributed by atoms with Crippen LogP contribution in [0.25, 0.3) is 54.6 Å². The summed E-state index contributed by atoms with van der Waals surface area (Å²) in [6.45, 7) is 2.12. The number of hydrogen-bond donors (Lipinski definition) is 6. The molecule has 13 rings (SSSR count). The van der Waals surface area contributed by atoms with Crippen molar-refractivity contribution in [2.24, 2.45) is 10.3 Å². The molecule has 0 spiro atoms. The van der Waals surface area contributed by atoms with Gasteiger partial charge in [0.15, 0.2) is 0 Å². The third kappa shape index (κ3) is 23.0. The third-order valence-electron chi connectivity index (χ3n) is 12.9. The minimum atomic E-state index is -4.03. The summed E-state index contributed by atoms with van der Waals surface area (Å²) in [5, 5.41) is 64.6. The Balaban J connectivity index is 0.000000150. The fraction of sp³-hybridized carbons (Fsp3) is 0.0625. The highest BCUT2D eigenvalue weighted by molar-refractivity contribution is 9.10. The predicted molar refractivity (Wildman–Crippen MR) is 367 cm³/mol. The van der Waals surface area contributed by atoms with Crippen molar-refractivity contribution in [2.45, 2.75) is 25.0 Å². The standard InChI is InChI=1S/C19H16N4O3S.C19H15N3O.C10H9BO3.C9H8BrN3.C7H6Br2.ClH2NO2S/c20-27(24,25)26-19-7-6-17-9-16(4-5-18(17)10-19)15-3-1-2-14(8-15)11-23-13-21-12-22-23;23-19-7-6-17-9-16(4-5-18(17)10-19)15-3-1-2-14(8-15)11-22-13-20-12-21-22;12-10-4-2-7-5-9(11(13)14)3-1-8(7)6-10;10-9-3-1-2-8(4-9)5-13-7-11-6-12-13;8-5-6-2-1-3-7(9)4-6;1-5(2,3)4/h1-10,12-13H,11H2,(H2,20,24,25);1-10,12-13,23H,11H2;1-6,12-14H;1-4,6-7H,5H2;1-4H,5H2;(H2,2,3,4). The van der Waals surface area contributed by atoms with Gasteiger partial charge in [-0.2, -0.15) is 37.3 Å². The van der Waals surface area contributed by atoms with Gasteiger partial charge in [0.2, 0.25) is 0 Å². The van der Waals surface area contributed by atoms with Crippen molar-refractivity contribution in [2.75, 3.05) is 0 Å². The Morgan fingerprint density at radius 1 is 0.451 bits per heavy atom. The van der Waals surface area contributed by atoms with E-state index in [0.717, 1.165) is 81.0 Å². The fourth-order valence-electron chi connectivity index (χ4n) is 8.87. The van der Waals surface area contributed by atoms with Crippen LogP contribution < -0.4 is 19.9 Å². The molecular formula is C64H56BBr3ClN11O9S2. The molecule has 0 aliphatic heterocycles. The number of nitrogens with two attached hydrogens (primary N) is 2. The number of rotatable bonds is 12. The molecule has 464 valence electrons. The fourth-order valence-corrected chi connectivity index (χ4v) is 10.5. The zero-order chi connectivity index (χ0) is 64.9. The van der Waals surface area contributed by atoms with Gasteiger partial charge in [0, 0.05) is 25.0 Å². The molecule has 0 aliphatic carbocycles. The zero-order valence-corrected chi connectivity index (χ0v) is 55.0. The molecule has 0 fully saturated rings. The first-order valence-electron chi connectivity index (χ1n) is 27.1. The molecule has 0 amide bonds. The van der Waals surface area contributed by atoms with Gasteiger partial charge >= 0.3 is 17.4 Å². The van der Waals surface area contributed by atoms with Crippen molar-refractivity contribution >= 4 is 123 Å². The second kappa shape index (κ2) is 32.9. The van der Waals surface area contributed by atoms with Crippen LogP contribution in [-0.4, -0.2) is 88.5 Å². The summed E-state index contributed by atoms with van der Waals surface area (Å²) in [4.78, 5) is 11.8. The first-order chi connectivity index (χ1) is 43.6. The Morgan fingerprint density at radius 2 is 0.813 bits per heavy atom. The van der Waals surface area contributed by atoms with E-state index in [9.17, 15) is 27.0 Å². The van der Waals surface area contributed by atoms with E-state index in [1.54, 1.807) is 101 Å². The molecule has 0 saturated heterocycles. The molecule has 0 aliphatic rings. The zero-order valence-electron chi connectivity index (χ0n) is 47.8. The molecule has 13 aromatic rings.